The van der Waals surface area contributed by atoms with E-state index >= 15 is 0 Å². The van der Waals surface area contributed by atoms with Crippen LogP contribution in [0.15, 0.2) is 0 Å². The molecule has 15 heavy (non-hydrogen) atoms. The molecule has 0 rings (SSSR count). The van der Waals surface area contributed by atoms with Gasteiger partial charge in [-0.25, -0.2) is 0 Å². The lowest BCUT2D eigenvalue weighted by atomic mass is 9.87. The zero-order chi connectivity index (χ0) is 11.7. The minimum Gasteiger partial charge on any atom is -0.395 e. The first-order valence-corrected chi connectivity index (χ1v) is 6.08. The summed E-state index contributed by atoms with van der Waals surface area (Å²) in [6.07, 6.45) is 2.35. The molecule has 0 aromatic heterocycles. The fourth-order valence-corrected chi connectivity index (χ4v) is 1.76. The zero-order valence-corrected chi connectivity index (χ0v) is 10.8. The molecule has 0 heterocycles. The van der Waals surface area contributed by atoms with Crippen LogP contribution in [-0.4, -0.2) is 49.8 Å². The molecule has 0 aliphatic rings. The number of aliphatic hydroxyl groups is 1. The number of nitrogens with one attached hydrogen (secondary N) is 1. The van der Waals surface area contributed by atoms with Crippen molar-refractivity contribution in [2.24, 2.45) is 5.41 Å². The van der Waals surface area contributed by atoms with Crippen LogP contribution in [0, 0.1) is 5.41 Å². The molecule has 0 saturated heterocycles. The second kappa shape index (κ2) is 8.08. The highest BCUT2D eigenvalue weighted by atomic mass is 16.3. The number of rotatable bonds is 9. The maximum absolute atomic E-state index is 8.86. The number of hydrogen-bond acceptors (Lipinski definition) is 3. The summed E-state index contributed by atoms with van der Waals surface area (Å²) < 4.78 is 0. The van der Waals surface area contributed by atoms with Gasteiger partial charge in [0.1, 0.15) is 0 Å². The van der Waals surface area contributed by atoms with Gasteiger partial charge in [-0.05, 0) is 31.8 Å². The molecule has 2 N–H and O–H groups in total. The van der Waals surface area contributed by atoms with Crippen LogP contribution in [0.5, 0.6) is 0 Å². The lowest BCUT2D eigenvalue weighted by Gasteiger charge is -2.33. The first-order valence-electron chi connectivity index (χ1n) is 6.08. The monoisotopic (exact) mass is 216 g/mol. The van der Waals surface area contributed by atoms with Gasteiger partial charge in [-0.3, -0.25) is 0 Å². The van der Waals surface area contributed by atoms with E-state index < -0.39 is 0 Å². The molecule has 3 nitrogen and oxygen atoms in total. The Labute approximate surface area is 94.9 Å². The van der Waals surface area contributed by atoms with Crippen molar-refractivity contribution in [3.05, 3.63) is 0 Å². The molecule has 1 atom stereocenters. The molecule has 1 unspecified atom stereocenters. The van der Waals surface area contributed by atoms with Gasteiger partial charge in [0.15, 0.2) is 0 Å². The summed E-state index contributed by atoms with van der Waals surface area (Å²) in [6, 6.07) is 0. The van der Waals surface area contributed by atoms with Gasteiger partial charge in [0.05, 0.1) is 6.61 Å². The molecule has 0 saturated carbocycles. The minimum atomic E-state index is 0.249. The summed E-state index contributed by atoms with van der Waals surface area (Å²) >= 11 is 0. The van der Waals surface area contributed by atoms with Gasteiger partial charge in [0.25, 0.3) is 0 Å². The molecule has 0 bridgehead atoms. The Morgan fingerprint density at radius 2 is 2.00 bits per heavy atom. The van der Waals surface area contributed by atoms with Crippen LogP contribution in [0.3, 0.4) is 0 Å². The summed E-state index contributed by atoms with van der Waals surface area (Å²) in [5, 5.41) is 12.3. The molecule has 0 aliphatic heterocycles. The second-order valence-electron chi connectivity index (χ2n) is 4.80. The van der Waals surface area contributed by atoms with E-state index in [9.17, 15) is 0 Å². The van der Waals surface area contributed by atoms with E-state index in [0.717, 1.165) is 26.2 Å². The fourth-order valence-electron chi connectivity index (χ4n) is 1.76. The average molecular weight is 216 g/mol. The van der Waals surface area contributed by atoms with Crippen molar-refractivity contribution in [1.29, 1.82) is 0 Å². The lowest BCUT2D eigenvalue weighted by molar-refractivity contribution is 0.152. The van der Waals surface area contributed by atoms with Crippen molar-refractivity contribution < 1.29 is 5.11 Å². The SMILES string of the molecule is CCCNCC(C)(CC)CN(C)CCO. The molecule has 0 aromatic rings. The van der Waals surface area contributed by atoms with Crippen LogP contribution in [0.25, 0.3) is 0 Å². The predicted molar refractivity (Wildman–Crippen MR) is 66.1 cm³/mol. The molecule has 0 amide bonds. The van der Waals surface area contributed by atoms with Gasteiger partial charge in [0.2, 0.25) is 0 Å². The van der Waals surface area contributed by atoms with E-state index in [2.05, 4.69) is 38.0 Å². The summed E-state index contributed by atoms with van der Waals surface area (Å²) in [5.74, 6) is 0. The Hall–Kier alpha value is -0.120. The minimum absolute atomic E-state index is 0.249. The smallest absolute Gasteiger partial charge is 0.0558 e. The lowest BCUT2D eigenvalue weighted by Crippen LogP contribution is -2.41. The number of likely N-dealkylation sites (N-methyl/N-ethyl adjacent to an activating group) is 1. The maximum Gasteiger partial charge on any atom is 0.0558 e. The Bertz CT molecular complexity index is 153. The van der Waals surface area contributed by atoms with Crippen LogP contribution < -0.4 is 5.32 Å². The first kappa shape index (κ1) is 14.9. The molecular formula is C12H28N2O. The third kappa shape index (κ3) is 6.88. The third-order valence-corrected chi connectivity index (χ3v) is 2.97. The van der Waals surface area contributed by atoms with Crippen molar-refractivity contribution in [2.45, 2.75) is 33.6 Å². The maximum atomic E-state index is 8.86. The Morgan fingerprint density at radius 3 is 2.47 bits per heavy atom. The summed E-state index contributed by atoms with van der Waals surface area (Å²) in [4.78, 5) is 2.21. The molecule has 0 fully saturated rings. The topological polar surface area (TPSA) is 35.5 Å². The van der Waals surface area contributed by atoms with Gasteiger partial charge in [-0.2, -0.15) is 0 Å². The van der Waals surface area contributed by atoms with E-state index in [0.29, 0.717) is 5.41 Å². The Balaban J connectivity index is 3.94. The quantitative estimate of drug-likeness (QED) is 0.571. The fraction of sp³-hybridized carbons (Fsp3) is 1.00. The molecule has 92 valence electrons. The number of aliphatic hydroxyl groups excluding tert-OH is 1. The average Bonchev–Trinajstić information content (AvgIpc) is 2.18. The molecule has 0 aliphatic carbocycles. The van der Waals surface area contributed by atoms with Crippen molar-refractivity contribution in [1.82, 2.24) is 10.2 Å². The third-order valence-electron chi connectivity index (χ3n) is 2.97. The molecule has 0 radical (unpaired) electrons. The van der Waals surface area contributed by atoms with E-state index in [4.69, 9.17) is 5.11 Å². The summed E-state index contributed by atoms with van der Waals surface area (Å²) in [6.45, 7) is 11.0. The van der Waals surface area contributed by atoms with Crippen molar-refractivity contribution in [3.63, 3.8) is 0 Å². The van der Waals surface area contributed by atoms with Gasteiger partial charge in [0, 0.05) is 19.6 Å². The summed E-state index contributed by atoms with van der Waals surface area (Å²) in [5.41, 5.74) is 0.319. The molecule has 0 aromatic carbocycles. The van der Waals surface area contributed by atoms with Gasteiger partial charge < -0.3 is 15.3 Å². The van der Waals surface area contributed by atoms with E-state index in [-0.39, 0.29) is 6.61 Å². The number of hydrogen-bond donors (Lipinski definition) is 2. The van der Waals surface area contributed by atoms with E-state index in [1.165, 1.54) is 12.8 Å². The standard InChI is InChI=1S/C12H28N2O/c1-5-7-13-10-12(3,6-2)11-14(4)8-9-15/h13,15H,5-11H2,1-4H3. The van der Waals surface area contributed by atoms with Gasteiger partial charge >= 0.3 is 0 Å². The van der Waals surface area contributed by atoms with Crippen molar-refractivity contribution in [3.8, 4) is 0 Å². The highest BCUT2D eigenvalue weighted by Gasteiger charge is 2.23. The molecule has 0 spiro atoms. The van der Waals surface area contributed by atoms with Crippen LogP contribution in [0.2, 0.25) is 0 Å². The van der Waals surface area contributed by atoms with Crippen molar-refractivity contribution >= 4 is 0 Å². The second-order valence-corrected chi connectivity index (χ2v) is 4.80. The van der Waals surface area contributed by atoms with Crippen LogP contribution in [0.4, 0.5) is 0 Å². The van der Waals surface area contributed by atoms with Gasteiger partial charge in [-0.15, -0.1) is 0 Å². The van der Waals surface area contributed by atoms with Crippen LogP contribution in [0.1, 0.15) is 33.6 Å². The highest BCUT2D eigenvalue weighted by Crippen LogP contribution is 2.20. The summed E-state index contributed by atoms with van der Waals surface area (Å²) in [7, 11) is 2.07. The normalized spacial score (nSPS) is 15.6. The first-order chi connectivity index (χ1) is 7.08. The molecule has 3 heteroatoms. The molecular weight excluding hydrogens is 188 g/mol. The highest BCUT2D eigenvalue weighted by molar-refractivity contribution is 4.78. The van der Waals surface area contributed by atoms with Crippen LogP contribution in [-0.2, 0) is 0 Å². The zero-order valence-electron chi connectivity index (χ0n) is 10.8. The Kier molecular flexibility index (Phi) is 8.02. The van der Waals surface area contributed by atoms with Crippen molar-refractivity contribution in [2.75, 3.05) is 39.8 Å². The van der Waals surface area contributed by atoms with Gasteiger partial charge in [-0.1, -0.05) is 20.8 Å². The van der Waals surface area contributed by atoms with E-state index in [1.54, 1.807) is 0 Å². The van der Waals surface area contributed by atoms with E-state index in [1.807, 2.05) is 0 Å². The predicted octanol–water partition coefficient (Wildman–Crippen LogP) is 1.33. The van der Waals surface area contributed by atoms with Crippen LogP contribution >= 0.6 is 0 Å². The number of nitrogens with zero attached hydrogens (tertiary/aromatic N) is 1. The largest absolute Gasteiger partial charge is 0.395 e. The Morgan fingerprint density at radius 1 is 1.33 bits per heavy atom.